The fraction of sp³-hybridized carbons (Fsp3) is 0.357. The number of benzene rings is 1. The van der Waals surface area contributed by atoms with E-state index < -0.39 is 0 Å². The number of piperazine rings is 1. The first-order chi connectivity index (χ1) is 8.77. The number of pyridine rings is 1. The Morgan fingerprint density at radius 1 is 1.39 bits per heavy atom. The van der Waals surface area contributed by atoms with Gasteiger partial charge in [0.25, 0.3) is 0 Å². The molecule has 3 nitrogen and oxygen atoms in total. The number of hydrogen-bond donors (Lipinski definition) is 1. The average Bonchev–Trinajstić information content (AvgIpc) is 2.41. The molecular weight excluding hydrogens is 246 g/mol. The lowest BCUT2D eigenvalue weighted by atomic mass is 10.1. The van der Waals surface area contributed by atoms with Crippen molar-refractivity contribution < 1.29 is 0 Å². The molecule has 1 unspecified atom stereocenters. The second kappa shape index (κ2) is 4.75. The van der Waals surface area contributed by atoms with Crippen molar-refractivity contribution in [2.45, 2.75) is 13.0 Å². The number of anilines is 1. The largest absolute Gasteiger partial charge is 0.365 e. The van der Waals surface area contributed by atoms with Crippen LogP contribution in [0.5, 0.6) is 0 Å². The topological polar surface area (TPSA) is 28.2 Å². The summed E-state index contributed by atoms with van der Waals surface area (Å²) < 4.78 is 0. The van der Waals surface area contributed by atoms with Gasteiger partial charge in [-0.15, -0.1) is 0 Å². The Kier molecular flexibility index (Phi) is 3.10. The monoisotopic (exact) mass is 261 g/mol. The molecule has 94 valence electrons. The minimum absolute atomic E-state index is 0.477. The van der Waals surface area contributed by atoms with E-state index in [4.69, 9.17) is 11.6 Å². The Balaban J connectivity index is 2.14. The van der Waals surface area contributed by atoms with E-state index in [-0.39, 0.29) is 0 Å². The Morgan fingerprint density at radius 2 is 2.28 bits per heavy atom. The predicted octanol–water partition coefficient (Wildman–Crippen LogP) is 2.69. The maximum absolute atomic E-state index is 6.23. The van der Waals surface area contributed by atoms with Gasteiger partial charge >= 0.3 is 0 Å². The SMILES string of the molecule is CC1CNCCN1c1ccc(Cl)c2cccnc12. The molecule has 0 saturated carbocycles. The van der Waals surface area contributed by atoms with Crippen LogP contribution in [0, 0.1) is 0 Å². The van der Waals surface area contributed by atoms with Gasteiger partial charge < -0.3 is 10.2 Å². The summed E-state index contributed by atoms with van der Waals surface area (Å²) in [5.74, 6) is 0. The molecule has 1 saturated heterocycles. The van der Waals surface area contributed by atoms with Crippen LogP contribution in [0.4, 0.5) is 5.69 Å². The Labute approximate surface area is 112 Å². The van der Waals surface area contributed by atoms with Crippen molar-refractivity contribution in [1.82, 2.24) is 10.3 Å². The van der Waals surface area contributed by atoms with Crippen molar-refractivity contribution in [3.8, 4) is 0 Å². The van der Waals surface area contributed by atoms with Gasteiger partial charge in [0, 0.05) is 37.3 Å². The minimum atomic E-state index is 0.477. The van der Waals surface area contributed by atoms with Crippen LogP contribution in [0.15, 0.2) is 30.5 Å². The minimum Gasteiger partial charge on any atom is -0.365 e. The van der Waals surface area contributed by atoms with Gasteiger partial charge in [0.2, 0.25) is 0 Å². The van der Waals surface area contributed by atoms with Crippen LogP contribution < -0.4 is 10.2 Å². The van der Waals surface area contributed by atoms with Crippen molar-refractivity contribution in [3.63, 3.8) is 0 Å². The normalized spacial score (nSPS) is 20.3. The predicted molar refractivity (Wildman–Crippen MR) is 76.4 cm³/mol. The third-order valence-corrected chi connectivity index (χ3v) is 3.84. The number of rotatable bonds is 1. The summed E-state index contributed by atoms with van der Waals surface area (Å²) in [6.45, 7) is 5.27. The molecule has 18 heavy (non-hydrogen) atoms. The molecular formula is C14H16ClN3. The Hall–Kier alpha value is -1.32. The molecule has 1 fully saturated rings. The highest BCUT2D eigenvalue weighted by molar-refractivity contribution is 6.35. The maximum Gasteiger partial charge on any atom is 0.0950 e. The van der Waals surface area contributed by atoms with Crippen molar-refractivity contribution >= 4 is 28.2 Å². The number of halogens is 1. The highest BCUT2D eigenvalue weighted by Crippen LogP contribution is 2.31. The smallest absolute Gasteiger partial charge is 0.0950 e. The second-order valence-corrected chi connectivity index (χ2v) is 5.12. The Morgan fingerprint density at radius 3 is 3.11 bits per heavy atom. The lowest BCUT2D eigenvalue weighted by molar-refractivity contribution is 0.501. The van der Waals surface area contributed by atoms with Crippen LogP contribution in [0.3, 0.4) is 0 Å². The highest BCUT2D eigenvalue weighted by atomic mass is 35.5. The molecule has 2 aromatic rings. The lowest BCUT2D eigenvalue weighted by Crippen LogP contribution is -2.50. The van der Waals surface area contributed by atoms with Crippen LogP contribution in [-0.4, -0.2) is 30.7 Å². The van der Waals surface area contributed by atoms with Gasteiger partial charge in [0.15, 0.2) is 0 Å². The van der Waals surface area contributed by atoms with E-state index in [0.717, 1.165) is 35.6 Å². The summed E-state index contributed by atoms with van der Waals surface area (Å²) in [5.41, 5.74) is 2.18. The summed E-state index contributed by atoms with van der Waals surface area (Å²) in [6.07, 6.45) is 1.83. The van der Waals surface area contributed by atoms with E-state index in [2.05, 4.69) is 28.2 Å². The first kappa shape index (κ1) is 11.8. The third kappa shape index (κ3) is 1.93. The summed E-state index contributed by atoms with van der Waals surface area (Å²) in [5, 5.41) is 5.20. The van der Waals surface area contributed by atoms with Crippen LogP contribution in [0.25, 0.3) is 10.9 Å². The molecule has 0 aliphatic carbocycles. The average molecular weight is 262 g/mol. The molecule has 1 N–H and O–H groups in total. The molecule has 1 aliphatic rings. The van der Waals surface area contributed by atoms with Crippen LogP contribution in [-0.2, 0) is 0 Å². The van der Waals surface area contributed by atoms with E-state index in [0.29, 0.717) is 6.04 Å². The molecule has 3 rings (SSSR count). The quantitative estimate of drug-likeness (QED) is 0.856. The van der Waals surface area contributed by atoms with Crippen LogP contribution in [0.1, 0.15) is 6.92 Å². The fourth-order valence-electron chi connectivity index (χ4n) is 2.55. The van der Waals surface area contributed by atoms with Crippen LogP contribution in [0.2, 0.25) is 5.02 Å². The Bertz CT molecular complexity index is 570. The van der Waals surface area contributed by atoms with Crippen LogP contribution >= 0.6 is 11.6 Å². The number of nitrogens with one attached hydrogen (secondary N) is 1. The van der Waals surface area contributed by atoms with Crippen molar-refractivity contribution in [2.24, 2.45) is 0 Å². The van der Waals surface area contributed by atoms with Gasteiger partial charge in [0.1, 0.15) is 0 Å². The summed E-state index contributed by atoms with van der Waals surface area (Å²) in [7, 11) is 0. The zero-order valence-electron chi connectivity index (χ0n) is 10.4. The van der Waals surface area contributed by atoms with E-state index >= 15 is 0 Å². The molecule has 1 atom stereocenters. The lowest BCUT2D eigenvalue weighted by Gasteiger charge is -2.36. The molecule has 0 amide bonds. The number of hydrogen-bond acceptors (Lipinski definition) is 3. The number of fused-ring (bicyclic) bond motifs is 1. The molecule has 4 heteroatoms. The summed E-state index contributed by atoms with van der Waals surface area (Å²) >= 11 is 6.23. The van der Waals surface area contributed by atoms with Gasteiger partial charge in [-0.2, -0.15) is 0 Å². The van der Waals surface area contributed by atoms with Gasteiger partial charge in [-0.1, -0.05) is 11.6 Å². The van der Waals surface area contributed by atoms with Crippen molar-refractivity contribution in [3.05, 3.63) is 35.5 Å². The van der Waals surface area contributed by atoms with E-state index in [9.17, 15) is 0 Å². The molecule has 2 heterocycles. The van der Waals surface area contributed by atoms with Gasteiger partial charge in [-0.3, -0.25) is 4.98 Å². The highest BCUT2D eigenvalue weighted by Gasteiger charge is 2.20. The van der Waals surface area contributed by atoms with Gasteiger partial charge in [0.05, 0.1) is 16.2 Å². The molecule has 1 aromatic carbocycles. The second-order valence-electron chi connectivity index (χ2n) is 4.71. The fourth-order valence-corrected chi connectivity index (χ4v) is 2.77. The standard InChI is InChI=1S/C14H16ClN3/c1-10-9-16-7-8-18(10)13-5-4-12(15)11-3-2-6-17-14(11)13/h2-6,10,16H,7-9H2,1H3. The van der Waals surface area contributed by atoms with Gasteiger partial charge in [-0.05, 0) is 31.2 Å². The zero-order valence-corrected chi connectivity index (χ0v) is 11.1. The first-order valence-corrected chi connectivity index (χ1v) is 6.66. The van der Waals surface area contributed by atoms with E-state index in [1.54, 1.807) is 0 Å². The first-order valence-electron chi connectivity index (χ1n) is 6.28. The van der Waals surface area contributed by atoms with E-state index in [1.165, 1.54) is 5.69 Å². The van der Waals surface area contributed by atoms with Gasteiger partial charge in [-0.25, -0.2) is 0 Å². The van der Waals surface area contributed by atoms with Crippen molar-refractivity contribution in [1.29, 1.82) is 0 Å². The molecule has 1 aromatic heterocycles. The summed E-state index contributed by atoms with van der Waals surface area (Å²) in [6, 6.07) is 8.49. The van der Waals surface area contributed by atoms with Crippen molar-refractivity contribution in [2.75, 3.05) is 24.5 Å². The maximum atomic E-state index is 6.23. The zero-order chi connectivity index (χ0) is 12.5. The molecule has 0 bridgehead atoms. The molecule has 1 aliphatic heterocycles. The number of nitrogens with zero attached hydrogens (tertiary/aromatic N) is 2. The number of aromatic nitrogens is 1. The van der Waals surface area contributed by atoms with E-state index in [1.807, 2.05) is 24.4 Å². The third-order valence-electron chi connectivity index (χ3n) is 3.51. The molecule has 0 radical (unpaired) electrons. The molecule has 0 spiro atoms. The summed E-state index contributed by atoms with van der Waals surface area (Å²) in [4.78, 5) is 6.91.